The highest BCUT2D eigenvalue weighted by molar-refractivity contribution is 5.68. The molecule has 0 aliphatic carbocycles. The van der Waals surface area contributed by atoms with Crippen molar-refractivity contribution < 1.29 is 33.6 Å². The number of carbonyl (C=O) groups is 1. The smallest absolute Gasteiger partial charge is 0.303 e. The molecule has 0 fully saturated rings. The van der Waals surface area contributed by atoms with E-state index in [0.29, 0.717) is 61.9 Å². The minimum atomic E-state index is -0.902. The molecule has 0 bridgehead atoms. The zero-order chi connectivity index (χ0) is 20.2. The van der Waals surface area contributed by atoms with Crippen molar-refractivity contribution in [3.05, 3.63) is 53.8 Å². The van der Waals surface area contributed by atoms with Crippen LogP contribution in [0.15, 0.2) is 42.5 Å². The monoisotopic (exact) mass is 392 g/mol. The molecular formula is C21H25FO6. The number of aliphatic carboxylic acids is 1. The lowest BCUT2D eigenvalue weighted by atomic mass is 10.0. The van der Waals surface area contributed by atoms with Gasteiger partial charge in [-0.05, 0) is 35.7 Å². The fourth-order valence-corrected chi connectivity index (χ4v) is 2.54. The predicted octanol–water partition coefficient (Wildman–Crippen LogP) is 2.91. The van der Waals surface area contributed by atoms with Gasteiger partial charge in [0.05, 0.1) is 33.0 Å². The molecule has 0 heterocycles. The minimum absolute atomic E-state index is 0.00211. The van der Waals surface area contributed by atoms with E-state index in [1.807, 2.05) is 0 Å². The molecule has 0 aliphatic rings. The van der Waals surface area contributed by atoms with Gasteiger partial charge in [-0.1, -0.05) is 24.3 Å². The maximum Gasteiger partial charge on any atom is 0.303 e. The van der Waals surface area contributed by atoms with Crippen LogP contribution in [0, 0.1) is 5.82 Å². The van der Waals surface area contributed by atoms with Crippen molar-refractivity contribution in [2.45, 2.75) is 12.8 Å². The first-order valence-corrected chi connectivity index (χ1v) is 9.10. The molecule has 152 valence electrons. The molecule has 0 atom stereocenters. The van der Waals surface area contributed by atoms with E-state index in [1.165, 1.54) is 6.07 Å². The fraction of sp³-hybridized carbons (Fsp3) is 0.381. The summed E-state index contributed by atoms with van der Waals surface area (Å²) in [7, 11) is 0. The number of carboxylic acids is 1. The van der Waals surface area contributed by atoms with E-state index < -0.39 is 5.97 Å². The number of benzene rings is 2. The van der Waals surface area contributed by atoms with Gasteiger partial charge in [0, 0.05) is 12.0 Å². The van der Waals surface area contributed by atoms with Gasteiger partial charge < -0.3 is 24.4 Å². The third-order valence-electron chi connectivity index (χ3n) is 3.93. The number of carboxylic acid groups (broad SMARTS) is 1. The van der Waals surface area contributed by atoms with Gasteiger partial charge in [-0.25, -0.2) is 4.39 Å². The Morgan fingerprint density at radius 3 is 2.25 bits per heavy atom. The number of rotatable bonds is 13. The summed E-state index contributed by atoms with van der Waals surface area (Å²) in [6.45, 7) is 1.96. The molecule has 0 amide bonds. The van der Waals surface area contributed by atoms with Crippen LogP contribution < -0.4 is 4.74 Å². The number of halogens is 1. The van der Waals surface area contributed by atoms with Gasteiger partial charge >= 0.3 is 5.97 Å². The molecule has 6 nitrogen and oxygen atoms in total. The first-order chi connectivity index (χ1) is 13.6. The van der Waals surface area contributed by atoms with Crippen molar-refractivity contribution in [2.75, 3.05) is 39.6 Å². The van der Waals surface area contributed by atoms with Gasteiger partial charge in [0.15, 0.2) is 0 Å². The number of aliphatic hydroxyl groups excluding tert-OH is 1. The molecule has 0 aromatic heterocycles. The average Bonchev–Trinajstić information content (AvgIpc) is 2.69. The second kappa shape index (κ2) is 12.1. The Balaban J connectivity index is 1.79. The quantitative estimate of drug-likeness (QED) is 0.510. The largest absolute Gasteiger partial charge is 0.491 e. The highest BCUT2D eigenvalue weighted by Crippen LogP contribution is 2.26. The number of aliphatic hydroxyl groups is 1. The molecule has 2 aromatic rings. The molecule has 0 spiro atoms. The molecule has 2 aromatic carbocycles. The van der Waals surface area contributed by atoms with Crippen molar-refractivity contribution in [3.63, 3.8) is 0 Å². The van der Waals surface area contributed by atoms with Gasteiger partial charge in [0.2, 0.25) is 0 Å². The number of hydrogen-bond donors (Lipinski definition) is 2. The summed E-state index contributed by atoms with van der Waals surface area (Å²) in [5.41, 5.74) is 1.83. The first-order valence-electron chi connectivity index (χ1n) is 9.10. The van der Waals surface area contributed by atoms with E-state index in [4.69, 9.17) is 24.4 Å². The van der Waals surface area contributed by atoms with Gasteiger partial charge in [0.1, 0.15) is 18.2 Å². The summed E-state index contributed by atoms with van der Waals surface area (Å²) in [6.07, 6.45) is 0.277. The summed E-state index contributed by atoms with van der Waals surface area (Å²) in [6, 6.07) is 11.9. The molecule has 0 aliphatic heterocycles. The molecule has 7 heteroatoms. The van der Waals surface area contributed by atoms with Crippen molar-refractivity contribution in [1.82, 2.24) is 0 Å². The van der Waals surface area contributed by atoms with E-state index in [2.05, 4.69) is 0 Å². The third kappa shape index (κ3) is 7.64. The summed E-state index contributed by atoms with van der Waals surface area (Å²) in [5, 5.41) is 17.3. The molecule has 28 heavy (non-hydrogen) atoms. The SMILES string of the molecule is O=C(O)CCc1ccc(-c2ccc(OCCOCCOCCO)cc2)c(F)c1. The second-order valence-corrected chi connectivity index (χ2v) is 6.03. The molecule has 0 unspecified atom stereocenters. The molecule has 0 radical (unpaired) electrons. The van der Waals surface area contributed by atoms with E-state index in [0.717, 1.165) is 0 Å². The molecular weight excluding hydrogens is 367 g/mol. The summed E-state index contributed by atoms with van der Waals surface area (Å²) in [4.78, 5) is 10.6. The average molecular weight is 392 g/mol. The lowest BCUT2D eigenvalue weighted by Crippen LogP contribution is -2.11. The van der Waals surface area contributed by atoms with Crippen LogP contribution in [0.1, 0.15) is 12.0 Å². The Bertz CT molecular complexity index is 732. The Kier molecular flexibility index (Phi) is 9.41. The van der Waals surface area contributed by atoms with Crippen LogP contribution in [0.3, 0.4) is 0 Å². The molecule has 2 rings (SSSR count). The van der Waals surface area contributed by atoms with Gasteiger partial charge in [-0.3, -0.25) is 4.79 Å². The Labute approximate surface area is 163 Å². The van der Waals surface area contributed by atoms with Crippen LogP contribution in [0.4, 0.5) is 4.39 Å². The first kappa shape index (κ1) is 21.8. The summed E-state index contributed by atoms with van der Waals surface area (Å²) >= 11 is 0. The van der Waals surface area contributed by atoms with Crippen LogP contribution in [-0.4, -0.2) is 55.8 Å². The molecule has 0 saturated carbocycles. The number of aryl methyl sites for hydroxylation is 1. The second-order valence-electron chi connectivity index (χ2n) is 6.03. The van der Waals surface area contributed by atoms with Gasteiger partial charge in [0.25, 0.3) is 0 Å². The van der Waals surface area contributed by atoms with Crippen LogP contribution in [0.5, 0.6) is 5.75 Å². The zero-order valence-electron chi connectivity index (χ0n) is 15.6. The van der Waals surface area contributed by atoms with Crippen LogP contribution in [0.2, 0.25) is 0 Å². The molecule has 2 N–H and O–H groups in total. The van der Waals surface area contributed by atoms with Gasteiger partial charge in [-0.2, -0.15) is 0 Å². The zero-order valence-corrected chi connectivity index (χ0v) is 15.6. The Hall–Kier alpha value is -2.48. The summed E-state index contributed by atoms with van der Waals surface area (Å²) in [5.74, 6) is -0.628. The lowest BCUT2D eigenvalue weighted by molar-refractivity contribution is -0.136. The number of hydrogen-bond acceptors (Lipinski definition) is 5. The standard InChI is InChI=1S/C21H25FO6/c22-20-15-16(2-8-21(24)25)1-7-19(20)17-3-5-18(6-4-17)28-14-13-27-12-11-26-10-9-23/h1,3-7,15,23H,2,8-14H2,(H,24,25). The maximum absolute atomic E-state index is 14.3. The highest BCUT2D eigenvalue weighted by Gasteiger charge is 2.08. The normalized spacial score (nSPS) is 10.8. The van der Waals surface area contributed by atoms with Crippen LogP contribution in [-0.2, 0) is 20.7 Å². The van der Waals surface area contributed by atoms with Gasteiger partial charge in [-0.15, -0.1) is 0 Å². The maximum atomic E-state index is 14.3. The third-order valence-corrected chi connectivity index (χ3v) is 3.93. The van der Waals surface area contributed by atoms with Crippen LogP contribution in [0.25, 0.3) is 11.1 Å². The Morgan fingerprint density at radius 2 is 1.61 bits per heavy atom. The summed E-state index contributed by atoms with van der Waals surface area (Å²) < 4.78 is 30.3. The highest BCUT2D eigenvalue weighted by atomic mass is 19.1. The molecule has 0 saturated heterocycles. The van der Waals surface area contributed by atoms with Crippen molar-refractivity contribution in [1.29, 1.82) is 0 Å². The van der Waals surface area contributed by atoms with E-state index in [-0.39, 0.29) is 18.8 Å². The Morgan fingerprint density at radius 1 is 0.929 bits per heavy atom. The topological polar surface area (TPSA) is 85.2 Å². The van der Waals surface area contributed by atoms with E-state index in [9.17, 15) is 9.18 Å². The predicted molar refractivity (Wildman–Crippen MR) is 102 cm³/mol. The minimum Gasteiger partial charge on any atom is -0.491 e. The van der Waals surface area contributed by atoms with Crippen molar-refractivity contribution in [3.8, 4) is 16.9 Å². The fourth-order valence-electron chi connectivity index (χ4n) is 2.54. The van der Waals surface area contributed by atoms with Crippen molar-refractivity contribution >= 4 is 5.97 Å². The lowest BCUT2D eigenvalue weighted by Gasteiger charge is -2.09. The number of ether oxygens (including phenoxy) is 3. The van der Waals surface area contributed by atoms with E-state index >= 15 is 0 Å². The van der Waals surface area contributed by atoms with Crippen molar-refractivity contribution in [2.24, 2.45) is 0 Å². The van der Waals surface area contributed by atoms with E-state index in [1.54, 1.807) is 36.4 Å². The van der Waals surface area contributed by atoms with Crippen LogP contribution >= 0.6 is 0 Å².